The van der Waals surface area contributed by atoms with Crippen LogP contribution in [0, 0.1) is 6.92 Å². The molecule has 0 atom stereocenters. The van der Waals surface area contributed by atoms with Gasteiger partial charge in [-0.1, -0.05) is 0 Å². The first-order valence-corrected chi connectivity index (χ1v) is 9.54. The van der Waals surface area contributed by atoms with Gasteiger partial charge >= 0.3 is 0 Å². The molecule has 25 heavy (non-hydrogen) atoms. The summed E-state index contributed by atoms with van der Waals surface area (Å²) in [5.41, 5.74) is 0.796. The third kappa shape index (κ3) is 3.91. The normalized spacial score (nSPS) is 16.6. The summed E-state index contributed by atoms with van der Waals surface area (Å²) in [6.45, 7) is 2.66. The predicted octanol–water partition coefficient (Wildman–Crippen LogP) is 2.03. The molecule has 3 rings (SSSR count). The van der Waals surface area contributed by atoms with E-state index in [0.29, 0.717) is 42.5 Å². The first-order chi connectivity index (χ1) is 12.0. The number of aromatic nitrogens is 2. The molecule has 0 spiro atoms. The van der Waals surface area contributed by atoms with Gasteiger partial charge in [-0.05, 0) is 49.6 Å². The number of sulfonamides is 1. The third-order valence-electron chi connectivity index (χ3n) is 4.24. The lowest BCUT2D eigenvalue weighted by atomic mass is 10.1. The van der Waals surface area contributed by atoms with Crippen LogP contribution >= 0.6 is 0 Å². The van der Waals surface area contributed by atoms with Gasteiger partial charge in [0.1, 0.15) is 11.9 Å². The van der Waals surface area contributed by atoms with E-state index in [4.69, 9.17) is 9.47 Å². The van der Waals surface area contributed by atoms with Crippen molar-refractivity contribution in [2.45, 2.75) is 30.8 Å². The van der Waals surface area contributed by atoms with Crippen LogP contribution < -0.4 is 9.47 Å². The average Bonchev–Trinajstić information content (AvgIpc) is 2.63. The van der Waals surface area contributed by atoms with Crippen LogP contribution in [0.15, 0.2) is 41.4 Å². The quantitative estimate of drug-likeness (QED) is 0.808. The van der Waals surface area contributed by atoms with Crippen LogP contribution in [-0.4, -0.2) is 49.2 Å². The monoisotopic (exact) mass is 363 g/mol. The number of rotatable bonds is 5. The molecule has 0 amide bonds. The second-order valence-corrected chi connectivity index (χ2v) is 7.85. The molecule has 1 aliphatic heterocycles. The van der Waals surface area contributed by atoms with Gasteiger partial charge < -0.3 is 9.47 Å². The van der Waals surface area contributed by atoms with Gasteiger partial charge in [-0.25, -0.2) is 8.42 Å². The van der Waals surface area contributed by atoms with Gasteiger partial charge in [0.05, 0.1) is 12.0 Å². The smallest absolute Gasteiger partial charge is 0.243 e. The summed E-state index contributed by atoms with van der Waals surface area (Å²) < 4.78 is 38.1. The van der Waals surface area contributed by atoms with Crippen LogP contribution in [0.2, 0.25) is 0 Å². The van der Waals surface area contributed by atoms with Crippen molar-refractivity contribution in [2.75, 3.05) is 20.2 Å². The van der Waals surface area contributed by atoms with Gasteiger partial charge in [-0.3, -0.25) is 0 Å². The zero-order valence-electron chi connectivity index (χ0n) is 14.3. The van der Waals surface area contributed by atoms with Crippen LogP contribution in [0.25, 0.3) is 0 Å². The van der Waals surface area contributed by atoms with Gasteiger partial charge in [0.15, 0.2) is 0 Å². The number of ether oxygens (including phenoxy) is 2. The number of aryl methyl sites for hydroxylation is 1. The Labute approximate surface area is 147 Å². The molecule has 0 radical (unpaired) electrons. The third-order valence-corrected chi connectivity index (χ3v) is 6.13. The zero-order chi connectivity index (χ0) is 17.9. The maximum atomic E-state index is 12.8. The van der Waals surface area contributed by atoms with Crippen molar-refractivity contribution in [3.8, 4) is 11.6 Å². The van der Waals surface area contributed by atoms with Gasteiger partial charge in [-0.15, -0.1) is 5.10 Å². The van der Waals surface area contributed by atoms with Crippen molar-refractivity contribution in [1.82, 2.24) is 14.5 Å². The van der Waals surface area contributed by atoms with Crippen LogP contribution in [0.1, 0.15) is 18.4 Å². The van der Waals surface area contributed by atoms with E-state index in [1.165, 1.54) is 4.31 Å². The lowest BCUT2D eigenvalue weighted by molar-refractivity contribution is 0.128. The maximum absolute atomic E-state index is 12.8. The highest BCUT2D eigenvalue weighted by Gasteiger charge is 2.30. The van der Waals surface area contributed by atoms with Gasteiger partial charge in [0, 0.05) is 25.4 Å². The molecule has 1 aromatic carbocycles. The summed E-state index contributed by atoms with van der Waals surface area (Å²) in [6, 6.07) is 8.43. The fraction of sp³-hybridized carbons (Fsp3) is 0.412. The molecule has 1 aromatic heterocycles. The van der Waals surface area contributed by atoms with Crippen LogP contribution in [0.5, 0.6) is 11.6 Å². The largest absolute Gasteiger partial charge is 0.496 e. The number of piperidine rings is 1. The van der Waals surface area contributed by atoms with Gasteiger partial charge in [-0.2, -0.15) is 9.40 Å². The summed E-state index contributed by atoms with van der Waals surface area (Å²) in [4.78, 5) is 0.291. The van der Waals surface area contributed by atoms with Crippen molar-refractivity contribution < 1.29 is 17.9 Å². The Morgan fingerprint density at radius 2 is 1.96 bits per heavy atom. The van der Waals surface area contributed by atoms with Crippen LogP contribution in [0.4, 0.5) is 0 Å². The standard InChI is InChI=1S/C17H21N3O4S/c1-13-12-15(5-6-16(13)23-2)25(21,22)20-10-7-14(8-11-20)24-17-4-3-9-18-19-17/h3-6,9,12,14H,7-8,10-11H2,1-2H3. The topological polar surface area (TPSA) is 81.6 Å². The first kappa shape index (κ1) is 17.6. The Morgan fingerprint density at radius 3 is 2.56 bits per heavy atom. The molecule has 2 heterocycles. The minimum absolute atomic E-state index is 0.0549. The van der Waals surface area contributed by atoms with Crippen molar-refractivity contribution in [2.24, 2.45) is 0 Å². The fourth-order valence-corrected chi connectivity index (χ4v) is 4.43. The molecule has 1 fully saturated rings. The highest BCUT2D eigenvalue weighted by atomic mass is 32.2. The van der Waals surface area contributed by atoms with E-state index < -0.39 is 10.0 Å². The first-order valence-electron chi connectivity index (χ1n) is 8.10. The lowest BCUT2D eigenvalue weighted by Gasteiger charge is -2.31. The number of nitrogens with zero attached hydrogens (tertiary/aromatic N) is 3. The van der Waals surface area contributed by atoms with E-state index >= 15 is 0 Å². The van der Waals surface area contributed by atoms with Crippen molar-refractivity contribution in [3.05, 3.63) is 42.1 Å². The highest BCUT2D eigenvalue weighted by Crippen LogP contribution is 2.26. The van der Waals surface area contributed by atoms with Gasteiger partial charge in [0.2, 0.25) is 15.9 Å². The lowest BCUT2D eigenvalue weighted by Crippen LogP contribution is -2.41. The summed E-state index contributed by atoms with van der Waals surface area (Å²) in [5.74, 6) is 1.14. The number of hydrogen-bond donors (Lipinski definition) is 0. The van der Waals surface area contributed by atoms with Crippen LogP contribution in [0.3, 0.4) is 0 Å². The molecule has 134 valence electrons. The van der Waals surface area contributed by atoms with E-state index in [-0.39, 0.29) is 6.10 Å². The molecular weight excluding hydrogens is 342 g/mol. The zero-order valence-corrected chi connectivity index (χ0v) is 15.1. The van der Waals surface area contributed by atoms with Crippen molar-refractivity contribution >= 4 is 10.0 Å². The predicted molar refractivity (Wildman–Crippen MR) is 92.2 cm³/mol. The number of methoxy groups -OCH3 is 1. The molecule has 0 saturated carbocycles. The van der Waals surface area contributed by atoms with Gasteiger partial charge in [0.25, 0.3) is 0 Å². The summed E-state index contributed by atoms with van der Waals surface area (Å²) in [7, 11) is -1.94. The van der Waals surface area contributed by atoms with Crippen LogP contribution in [-0.2, 0) is 10.0 Å². The number of hydrogen-bond acceptors (Lipinski definition) is 6. The molecule has 1 aliphatic rings. The second kappa shape index (κ2) is 7.37. The highest BCUT2D eigenvalue weighted by molar-refractivity contribution is 7.89. The summed E-state index contributed by atoms with van der Waals surface area (Å²) in [5, 5.41) is 7.67. The Morgan fingerprint density at radius 1 is 1.20 bits per heavy atom. The molecular formula is C17H21N3O4S. The minimum Gasteiger partial charge on any atom is -0.496 e. The average molecular weight is 363 g/mol. The molecule has 0 aliphatic carbocycles. The SMILES string of the molecule is COc1ccc(S(=O)(=O)N2CCC(Oc3cccnn3)CC2)cc1C. The Kier molecular flexibility index (Phi) is 5.19. The fourth-order valence-electron chi connectivity index (χ4n) is 2.87. The van der Waals surface area contributed by atoms with E-state index in [9.17, 15) is 8.42 Å². The summed E-state index contributed by atoms with van der Waals surface area (Å²) >= 11 is 0. The van der Waals surface area contributed by atoms with Crippen molar-refractivity contribution in [3.63, 3.8) is 0 Å². The molecule has 0 N–H and O–H groups in total. The maximum Gasteiger partial charge on any atom is 0.243 e. The molecule has 7 nitrogen and oxygen atoms in total. The second-order valence-electron chi connectivity index (χ2n) is 5.91. The summed E-state index contributed by atoms with van der Waals surface area (Å²) in [6.07, 6.45) is 2.76. The Balaban J connectivity index is 1.66. The molecule has 1 saturated heterocycles. The Bertz CT molecular complexity index is 819. The van der Waals surface area contributed by atoms with E-state index in [1.54, 1.807) is 43.6 Å². The molecule has 2 aromatic rings. The molecule has 0 bridgehead atoms. The van der Waals surface area contributed by atoms with E-state index in [2.05, 4.69) is 10.2 Å². The van der Waals surface area contributed by atoms with Crippen molar-refractivity contribution in [1.29, 1.82) is 0 Å². The van der Waals surface area contributed by atoms with E-state index in [0.717, 1.165) is 5.56 Å². The Hall–Kier alpha value is -2.19. The molecule has 8 heteroatoms. The molecule has 0 unspecified atom stereocenters. The number of benzene rings is 1. The minimum atomic E-state index is -3.51. The van der Waals surface area contributed by atoms with E-state index in [1.807, 2.05) is 6.92 Å².